The van der Waals surface area contributed by atoms with E-state index in [0.717, 1.165) is 22.6 Å². The molecule has 5 rings (SSSR count). The van der Waals surface area contributed by atoms with Crippen molar-refractivity contribution in [2.24, 2.45) is 9.98 Å². The fraction of sp³-hybridized carbons (Fsp3) is 0.343. The van der Waals surface area contributed by atoms with Crippen molar-refractivity contribution in [3.63, 3.8) is 0 Å². The molecule has 1 aliphatic rings. The fourth-order valence-electron chi connectivity index (χ4n) is 5.08. The Kier molecular flexibility index (Phi) is 11.1. The fourth-order valence-corrected chi connectivity index (χ4v) is 5.65. The molecule has 0 bridgehead atoms. The molecule has 0 saturated heterocycles. The third kappa shape index (κ3) is 8.49. The summed E-state index contributed by atoms with van der Waals surface area (Å²) < 4.78 is 11.5. The number of amidine groups is 1. The minimum atomic E-state index is -0.724. The number of hydrogen-bond acceptors (Lipinski definition) is 9. The van der Waals surface area contributed by atoms with Crippen LogP contribution in [0.1, 0.15) is 50.5 Å². The van der Waals surface area contributed by atoms with Crippen molar-refractivity contribution in [3.05, 3.63) is 87.4 Å². The molecule has 1 unspecified atom stereocenters. The number of nitrogens with zero attached hydrogens (tertiary/aromatic N) is 6. The number of rotatable bonds is 11. The Bertz CT molecular complexity index is 1920. The first-order valence-corrected chi connectivity index (χ1v) is 17.1. The van der Waals surface area contributed by atoms with Crippen molar-refractivity contribution >= 4 is 70.3 Å². The van der Waals surface area contributed by atoms with Crippen molar-refractivity contribution in [1.82, 2.24) is 20.2 Å². The highest BCUT2D eigenvalue weighted by Gasteiger charge is 2.30. The van der Waals surface area contributed by atoms with Gasteiger partial charge in [-0.05, 0) is 72.5 Å². The molecule has 0 fully saturated rings. The SMILES string of the molecule is COc1ccc(OC(C)C(=O)NCCc2nc3n(n2)NC(=Nc2cc(Cl)ccc2Cl)C3=Nc2ccc(N(C)C)cc2CS)cc1C(C)(C)C. The van der Waals surface area contributed by atoms with Crippen molar-refractivity contribution in [3.8, 4) is 11.5 Å². The summed E-state index contributed by atoms with van der Waals surface area (Å²) in [6, 6.07) is 16.6. The van der Waals surface area contributed by atoms with Gasteiger partial charge in [-0.3, -0.25) is 10.2 Å². The van der Waals surface area contributed by atoms with E-state index < -0.39 is 6.10 Å². The number of ether oxygens (including phenoxy) is 2. The number of halogens is 2. The quantitative estimate of drug-likeness (QED) is 0.144. The molecule has 1 aliphatic heterocycles. The van der Waals surface area contributed by atoms with Gasteiger partial charge in [-0.25, -0.2) is 15.0 Å². The van der Waals surface area contributed by atoms with E-state index in [2.05, 4.69) is 49.2 Å². The monoisotopic (exact) mass is 722 g/mol. The highest BCUT2D eigenvalue weighted by atomic mass is 35.5. The molecular formula is C35H40Cl2N8O3S. The summed E-state index contributed by atoms with van der Waals surface area (Å²) >= 11 is 17.2. The molecule has 4 aromatic rings. The van der Waals surface area contributed by atoms with E-state index in [9.17, 15) is 4.79 Å². The molecule has 0 saturated carbocycles. The number of methoxy groups -OCH3 is 1. The van der Waals surface area contributed by atoms with Crippen molar-refractivity contribution in [1.29, 1.82) is 0 Å². The molecule has 0 radical (unpaired) electrons. The van der Waals surface area contributed by atoms with E-state index in [1.54, 1.807) is 38.3 Å². The maximum Gasteiger partial charge on any atom is 0.260 e. The predicted molar refractivity (Wildman–Crippen MR) is 201 cm³/mol. The molecule has 49 heavy (non-hydrogen) atoms. The van der Waals surface area contributed by atoms with Crippen molar-refractivity contribution in [2.45, 2.75) is 51.4 Å². The van der Waals surface area contributed by atoms with E-state index in [-0.39, 0.29) is 11.3 Å². The van der Waals surface area contributed by atoms with Crippen molar-refractivity contribution < 1.29 is 14.3 Å². The second-order valence-electron chi connectivity index (χ2n) is 12.7. The second-order valence-corrected chi connectivity index (χ2v) is 13.8. The highest BCUT2D eigenvalue weighted by Crippen LogP contribution is 2.35. The summed E-state index contributed by atoms with van der Waals surface area (Å²) in [6.07, 6.45) is -0.352. The van der Waals surface area contributed by atoms with Crippen LogP contribution in [0.2, 0.25) is 10.0 Å². The molecular weight excluding hydrogens is 683 g/mol. The van der Waals surface area contributed by atoms with Gasteiger partial charge in [0.1, 0.15) is 11.5 Å². The Morgan fingerprint density at radius 2 is 1.86 bits per heavy atom. The Morgan fingerprint density at radius 1 is 1.08 bits per heavy atom. The summed E-state index contributed by atoms with van der Waals surface area (Å²) in [4.78, 5) is 31.0. The number of amides is 1. The molecule has 14 heteroatoms. The first kappa shape index (κ1) is 36.0. The molecule has 1 amide bonds. The van der Waals surface area contributed by atoms with E-state index >= 15 is 0 Å². The summed E-state index contributed by atoms with van der Waals surface area (Å²) in [5.41, 5.74) is 7.62. The number of hydrogen-bond donors (Lipinski definition) is 3. The lowest BCUT2D eigenvalue weighted by Crippen LogP contribution is -2.37. The lowest BCUT2D eigenvalue weighted by Gasteiger charge is -2.23. The smallest absolute Gasteiger partial charge is 0.260 e. The normalized spacial score (nSPS) is 14.8. The van der Waals surface area contributed by atoms with Crippen LogP contribution in [0, 0.1) is 0 Å². The van der Waals surface area contributed by atoms with Gasteiger partial charge in [0.2, 0.25) is 5.82 Å². The standard InChI is InChI=1S/C35H40Cl2N8O3S/c1-20(48-24-10-13-29(47-7)25(18-24)35(2,3)4)34(46)38-15-14-30-41-33-31(39-27-12-9-23(44(5)6)16-21(27)19-49)32(43-45(33)42-30)40-28-17-22(36)8-11-26(28)37/h8-13,16-18,20,49H,14-15,19H2,1-7H3,(H,38,46)(H,40,43). The Hall–Kier alpha value is -4.26. The van der Waals surface area contributed by atoms with Crippen LogP contribution < -0.4 is 25.1 Å². The average Bonchev–Trinajstić information content (AvgIpc) is 3.59. The van der Waals surface area contributed by atoms with Crippen LogP contribution in [0.25, 0.3) is 0 Å². The third-order valence-corrected chi connectivity index (χ3v) is 8.63. The van der Waals surface area contributed by atoms with Crippen LogP contribution >= 0.6 is 35.8 Å². The molecule has 0 aliphatic carbocycles. The number of nitrogens with one attached hydrogen (secondary N) is 2. The topological polar surface area (TPSA) is 118 Å². The van der Waals surface area contributed by atoms with Crippen LogP contribution in [0.3, 0.4) is 0 Å². The lowest BCUT2D eigenvalue weighted by molar-refractivity contribution is -0.127. The zero-order valence-corrected chi connectivity index (χ0v) is 30.9. The number of thiol groups is 1. The van der Waals surface area contributed by atoms with E-state index in [1.807, 2.05) is 49.3 Å². The molecule has 2 N–H and O–H groups in total. The Balaban J connectivity index is 1.33. The number of carbonyl (C=O) groups excluding carboxylic acids is 1. The molecule has 2 heterocycles. The van der Waals surface area contributed by atoms with Gasteiger partial charge in [0.05, 0.1) is 23.5 Å². The molecule has 1 aromatic heterocycles. The minimum absolute atomic E-state index is 0.159. The minimum Gasteiger partial charge on any atom is -0.496 e. The maximum absolute atomic E-state index is 12.9. The zero-order chi connectivity index (χ0) is 35.5. The van der Waals surface area contributed by atoms with Crippen LogP contribution in [-0.2, 0) is 22.4 Å². The summed E-state index contributed by atoms with van der Waals surface area (Å²) in [6.45, 7) is 8.30. The summed E-state index contributed by atoms with van der Waals surface area (Å²) in [7, 11) is 5.60. The number of benzene rings is 3. The first-order chi connectivity index (χ1) is 23.3. The first-order valence-electron chi connectivity index (χ1n) is 15.7. The Morgan fingerprint density at radius 3 is 2.55 bits per heavy atom. The summed E-state index contributed by atoms with van der Waals surface area (Å²) in [5, 5.41) is 8.46. The van der Waals surface area contributed by atoms with Crippen LogP contribution in [0.4, 0.5) is 17.1 Å². The van der Waals surface area contributed by atoms with Gasteiger partial charge in [-0.15, -0.1) is 9.89 Å². The van der Waals surface area contributed by atoms with Gasteiger partial charge >= 0.3 is 0 Å². The van der Waals surface area contributed by atoms with Crippen LogP contribution in [-0.4, -0.2) is 66.2 Å². The Labute approximate surface area is 302 Å². The number of aromatic nitrogens is 3. The van der Waals surface area contributed by atoms with Gasteiger partial charge in [0, 0.05) is 49.1 Å². The molecule has 1 atom stereocenters. The molecule has 3 aromatic carbocycles. The highest BCUT2D eigenvalue weighted by molar-refractivity contribution is 7.79. The van der Waals surface area contributed by atoms with Crippen LogP contribution in [0.15, 0.2) is 64.6 Å². The maximum atomic E-state index is 12.9. The predicted octanol–water partition coefficient (Wildman–Crippen LogP) is 6.92. The molecule has 11 nitrogen and oxygen atoms in total. The van der Waals surface area contributed by atoms with E-state index in [1.165, 1.54) is 4.79 Å². The van der Waals surface area contributed by atoms with Gasteiger partial charge in [0.25, 0.3) is 5.91 Å². The van der Waals surface area contributed by atoms with Gasteiger partial charge < -0.3 is 19.7 Å². The largest absolute Gasteiger partial charge is 0.496 e. The van der Waals surface area contributed by atoms with Gasteiger partial charge in [-0.2, -0.15) is 12.6 Å². The second kappa shape index (κ2) is 15.1. The summed E-state index contributed by atoms with van der Waals surface area (Å²) in [5.74, 6) is 2.96. The number of carbonyl (C=O) groups is 1. The number of fused-ring (bicyclic) bond motifs is 1. The molecule has 258 valence electrons. The third-order valence-electron chi connectivity index (χ3n) is 7.73. The average molecular weight is 724 g/mol. The van der Waals surface area contributed by atoms with Crippen LogP contribution in [0.5, 0.6) is 11.5 Å². The lowest BCUT2D eigenvalue weighted by atomic mass is 9.86. The van der Waals surface area contributed by atoms with E-state index in [4.69, 9.17) is 47.6 Å². The van der Waals surface area contributed by atoms with Crippen molar-refractivity contribution in [2.75, 3.05) is 38.1 Å². The number of aliphatic imine (C=N–C) groups is 2. The number of anilines is 1. The van der Waals surface area contributed by atoms with E-state index in [0.29, 0.717) is 69.1 Å². The molecule has 0 spiro atoms. The van der Waals surface area contributed by atoms with Gasteiger partial charge in [0.15, 0.2) is 23.5 Å². The van der Waals surface area contributed by atoms with Gasteiger partial charge in [-0.1, -0.05) is 44.0 Å². The zero-order valence-electron chi connectivity index (χ0n) is 28.5.